The van der Waals surface area contributed by atoms with Gasteiger partial charge in [-0.3, -0.25) is 4.90 Å². The second kappa shape index (κ2) is 6.70. The van der Waals surface area contributed by atoms with Crippen LogP contribution in [0.1, 0.15) is 40.5 Å². The third kappa shape index (κ3) is 3.97. The fourth-order valence-corrected chi connectivity index (χ4v) is 2.21. The number of nitrogens with zero attached hydrogens (tertiary/aromatic N) is 1. The van der Waals surface area contributed by atoms with Crippen molar-refractivity contribution in [1.29, 1.82) is 0 Å². The van der Waals surface area contributed by atoms with Crippen molar-refractivity contribution in [3.63, 3.8) is 0 Å². The number of allylic oxidation sites excluding steroid dienone is 3. The maximum Gasteiger partial charge on any atom is 0.0202 e. The maximum absolute atomic E-state index is 2.53. The molecule has 0 aromatic carbocycles. The minimum Gasteiger partial charge on any atom is -0.292 e. The molecule has 1 aliphatic rings. The van der Waals surface area contributed by atoms with Crippen molar-refractivity contribution >= 4 is 0 Å². The summed E-state index contributed by atoms with van der Waals surface area (Å²) in [5.41, 5.74) is 4.67. The molecule has 0 saturated heterocycles. The Labute approximate surface area is 101 Å². The molecule has 1 aliphatic heterocycles. The van der Waals surface area contributed by atoms with E-state index < -0.39 is 0 Å². The van der Waals surface area contributed by atoms with Gasteiger partial charge in [-0.25, -0.2) is 0 Å². The normalized spacial score (nSPS) is 19.1. The minimum atomic E-state index is 1.11. The monoisotopic (exact) mass is 219 g/mol. The molecule has 1 rings (SSSR count). The molecule has 0 aromatic heterocycles. The van der Waals surface area contributed by atoms with E-state index in [-0.39, 0.29) is 0 Å². The van der Waals surface area contributed by atoms with Crippen molar-refractivity contribution in [2.45, 2.75) is 40.5 Å². The predicted molar refractivity (Wildman–Crippen MR) is 72.6 cm³/mol. The molecule has 0 atom stereocenters. The van der Waals surface area contributed by atoms with Crippen LogP contribution in [0.2, 0.25) is 0 Å². The Balaban J connectivity index is 2.41. The van der Waals surface area contributed by atoms with Crippen molar-refractivity contribution in [3.8, 4) is 0 Å². The van der Waals surface area contributed by atoms with Crippen LogP contribution in [0.4, 0.5) is 0 Å². The van der Waals surface area contributed by atoms with Crippen molar-refractivity contribution < 1.29 is 0 Å². The molecule has 90 valence electrons. The van der Waals surface area contributed by atoms with Crippen LogP contribution in [0.15, 0.2) is 34.9 Å². The first kappa shape index (κ1) is 13.2. The molecule has 0 bridgehead atoms. The molecule has 0 aromatic rings. The topological polar surface area (TPSA) is 3.24 Å². The molecule has 1 heteroatoms. The molecule has 1 heterocycles. The SMILES string of the molecule is CC/C=C\C=C(/C)CN1CC(C)=C(CC)C1. The van der Waals surface area contributed by atoms with Crippen LogP contribution in [-0.4, -0.2) is 24.5 Å². The van der Waals surface area contributed by atoms with Gasteiger partial charge in [-0.15, -0.1) is 0 Å². The van der Waals surface area contributed by atoms with Crippen LogP contribution in [0.25, 0.3) is 0 Å². The van der Waals surface area contributed by atoms with E-state index >= 15 is 0 Å². The lowest BCUT2D eigenvalue weighted by atomic mass is 10.1. The summed E-state index contributed by atoms with van der Waals surface area (Å²) < 4.78 is 0. The zero-order chi connectivity index (χ0) is 12.0. The molecule has 0 spiro atoms. The largest absolute Gasteiger partial charge is 0.292 e. The second-order valence-electron chi connectivity index (χ2n) is 4.73. The second-order valence-corrected chi connectivity index (χ2v) is 4.73. The first-order valence-corrected chi connectivity index (χ1v) is 6.39. The van der Waals surface area contributed by atoms with Gasteiger partial charge in [0.05, 0.1) is 0 Å². The molecule has 0 radical (unpaired) electrons. The van der Waals surface area contributed by atoms with Gasteiger partial charge in [-0.1, -0.05) is 48.8 Å². The van der Waals surface area contributed by atoms with Crippen LogP contribution in [0.5, 0.6) is 0 Å². The molecule has 0 N–H and O–H groups in total. The maximum atomic E-state index is 2.53. The Morgan fingerprint density at radius 1 is 1.31 bits per heavy atom. The highest BCUT2D eigenvalue weighted by molar-refractivity contribution is 5.22. The van der Waals surface area contributed by atoms with E-state index in [2.05, 4.69) is 50.8 Å². The van der Waals surface area contributed by atoms with Crippen molar-refractivity contribution in [2.24, 2.45) is 0 Å². The quantitative estimate of drug-likeness (QED) is 0.500. The number of rotatable bonds is 5. The highest BCUT2D eigenvalue weighted by Gasteiger charge is 2.17. The fourth-order valence-electron chi connectivity index (χ4n) is 2.21. The Hall–Kier alpha value is -0.820. The lowest BCUT2D eigenvalue weighted by Crippen LogP contribution is -2.23. The predicted octanol–water partition coefficient (Wildman–Crippen LogP) is 3.94. The summed E-state index contributed by atoms with van der Waals surface area (Å²) in [5, 5.41) is 0. The van der Waals surface area contributed by atoms with Crippen LogP contribution in [0.3, 0.4) is 0 Å². The summed E-state index contributed by atoms with van der Waals surface area (Å²) in [6.45, 7) is 12.4. The molecular weight excluding hydrogens is 194 g/mol. The van der Waals surface area contributed by atoms with E-state index in [1.54, 1.807) is 11.1 Å². The first-order valence-electron chi connectivity index (χ1n) is 6.39. The van der Waals surface area contributed by atoms with Gasteiger partial charge in [0.25, 0.3) is 0 Å². The van der Waals surface area contributed by atoms with Crippen LogP contribution in [-0.2, 0) is 0 Å². The Bertz CT molecular complexity index is 307. The van der Waals surface area contributed by atoms with E-state index in [1.165, 1.54) is 18.5 Å². The highest BCUT2D eigenvalue weighted by atomic mass is 15.1. The smallest absolute Gasteiger partial charge is 0.0202 e. The molecule has 0 amide bonds. The van der Waals surface area contributed by atoms with Gasteiger partial charge in [0.15, 0.2) is 0 Å². The van der Waals surface area contributed by atoms with Gasteiger partial charge in [-0.2, -0.15) is 0 Å². The summed E-state index contributed by atoms with van der Waals surface area (Å²) in [6.07, 6.45) is 8.94. The van der Waals surface area contributed by atoms with Gasteiger partial charge in [0.2, 0.25) is 0 Å². The Kier molecular flexibility index (Phi) is 5.54. The summed E-state index contributed by atoms with van der Waals surface area (Å²) in [4.78, 5) is 2.53. The minimum absolute atomic E-state index is 1.11. The van der Waals surface area contributed by atoms with Gasteiger partial charge < -0.3 is 0 Å². The van der Waals surface area contributed by atoms with Crippen LogP contribution in [0, 0.1) is 0 Å². The van der Waals surface area contributed by atoms with E-state index in [9.17, 15) is 0 Å². The van der Waals surface area contributed by atoms with Gasteiger partial charge in [0, 0.05) is 19.6 Å². The zero-order valence-electron chi connectivity index (χ0n) is 11.2. The van der Waals surface area contributed by atoms with Crippen molar-refractivity contribution in [2.75, 3.05) is 19.6 Å². The van der Waals surface area contributed by atoms with Gasteiger partial charge in [0.1, 0.15) is 0 Å². The van der Waals surface area contributed by atoms with E-state index in [4.69, 9.17) is 0 Å². The number of hydrogen-bond donors (Lipinski definition) is 0. The van der Waals surface area contributed by atoms with Crippen molar-refractivity contribution in [1.82, 2.24) is 4.90 Å². The lowest BCUT2D eigenvalue weighted by Gasteiger charge is -2.16. The fraction of sp³-hybridized carbons (Fsp3) is 0.600. The van der Waals surface area contributed by atoms with Crippen LogP contribution >= 0.6 is 0 Å². The summed E-state index contributed by atoms with van der Waals surface area (Å²) in [5.74, 6) is 0. The summed E-state index contributed by atoms with van der Waals surface area (Å²) in [6, 6.07) is 0. The van der Waals surface area contributed by atoms with E-state index in [0.29, 0.717) is 0 Å². The van der Waals surface area contributed by atoms with Gasteiger partial charge in [-0.05, 0) is 26.7 Å². The average Bonchev–Trinajstić information content (AvgIpc) is 2.59. The molecule has 0 fully saturated rings. The third-order valence-electron chi connectivity index (χ3n) is 3.13. The average molecular weight is 219 g/mol. The molecule has 0 unspecified atom stereocenters. The molecule has 1 nitrogen and oxygen atoms in total. The van der Waals surface area contributed by atoms with Gasteiger partial charge >= 0.3 is 0 Å². The molecular formula is C15H25N. The highest BCUT2D eigenvalue weighted by Crippen LogP contribution is 2.20. The molecule has 0 saturated carbocycles. The zero-order valence-corrected chi connectivity index (χ0v) is 11.2. The Morgan fingerprint density at radius 3 is 2.62 bits per heavy atom. The van der Waals surface area contributed by atoms with E-state index in [1.807, 2.05) is 0 Å². The molecule has 0 aliphatic carbocycles. The molecule has 16 heavy (non-hydrogen) atoms. The van der Waals surface area contributed by atoms with Crippen molar-refractivity contribution in [3.05, 3.63) is 34.9 Å². The lowest BCUT2D eigenvalue weighted by molar-refractivity contribution is 0.373. The third-order valence-corrected chi connectivity index (χ3v) is 3.13. The summed E-state index contributed by atoms with van der Waals surface area (Å²) in [7, 11) is 0. The number of hydrogen-bond acceptors (Lipinski definition) is 1. The van der Waals surface area contributed by atoms with Crippen LogP contribution < -0.4 is 0 Å². The standard InChI is InChI=1S/C15H25N/c1-5-7-8-9-13(3)10-16-11-14(4)15(6-2)12-16/h7-9H,5-6,10-12H2,1-4H3/b8-7-,13-9+. The Morgan fingerprint density at radius 2 is 2.06 bits per heavy atom. The first-order chi connectivity index (χ1) is 7.67. The van der Waals surface area contributed by atoms with E-state index in [0.717, 1.165) is 19.5 Å². The summed E-state index contributed by atoms with van der Waals surface area (Å²) >= 11 is 0.